The van der Waals surface area contributed by atoms with Crippen molar-refractivity contribution in [1.29, 1.82) is 0 Å². The molecule has 1 aliphatic rings. The molecule has 0 N–H and O–H groups in total. The maximum absolute atomic E-state index is 6.99. The lowest BCUT2D eigenvalue weighted by atomic mass is 9.83. The van der Waals surface area contributed by atoms with Gasteiger partial charge in [0.25, 0.3) is 0 Å². The smallest absolute Gasteiger partial charge is 0.163 e. The Hall–Kier alpha value is -4.38. The molecular formula is C43H48N4O. The van der Waals surface area contributed by atoms with Gasteiger partial charge < -0.3 is 4.74 Å². The number of ether oxygens (including phenoxy) is 1. The van der Waals surface area contributed by atoms with E-state index in [0.29, 0.717) is 11.7 Å². The van der Waals surface area contributed by atoms with Crippen LogP contribution in [-0.4, -0.2) is 19.9 Å². The van der Waals surface area contributed by atoms with E-state index in [4.69, 9.17) is 24.7 Å². The van der Waals surface area contributed by atoms with Crippen molar-refractivity contribution >= 4 is 32.3 Å². The standard InChI is InChI=1S/C43H48N4O/c1-24(2)18-25-12-15-29-28(19-25)21-32-36-35-30(16-17-44-36)31-20-27(38-45-39(42(6,7)8)47-40(46-38)43(9,10)11)14-13-26(31)22-34(35)48-37(32)33(29)23-41(3,4)5/h12-17,19-22,24H,18,23H2,1-11H3. The van der Waals surface area contributed by atoms with Gasteiger partial charge in [0.15, 0.2) is 5.82 Å². The topological polar surface area (TPSA) is 60.8 Å². The molecule has 4 aromatic carbocycles. The molecule has 246 valence electrons. The second-order valence-electron chi connectivity index (χ2n) is 17.4. The molecule has 3 heterocycles. The van der Waals surface area contributed by atoms with Crippen molar-refractivity contribution in [2.24, 2.45) is 11.3 Å². The van der Waals surface area contributed by atoms with Crippen LogP contribution in [0.25, 0.3) is 55.0 Å². The minimum atomic E-state index is -0.204. The number of hydrogen-bond donors (Lipinski definition) is 0. The van der Waals surface area contributed by atoms with Gasteiger partial charge in [-0.15, -0.1) is 0 Å². The summed E-state index contributed by atoms with van der Waals surface area (Å²) in [5.74, 6) is 4.70. The van der Waals surface area contributed by atoms with Crippen LogP contribution in [0.15, 0.2) is 60.8 Å². The van der Waals surface area contributed by atoms with Gasteiger partial charge in [-0.25, -0.2) is 15.0 Å². The highest BCUT2D eigenvalue weighted by molar-refractivity contribution is 6.17. The number of aromatic nitrogens is 4. The number of nitrogens with zero attached hydrogens (tertiary/aromatic N) is 4. The molecule has 0 atom stereocenters. The van der Waals surface area contributed by atoms with Gasteiger partial charge in [0.1, 0.15) is 23.1 Å². The second kappa shape index (κ2) is 11.1. The van der Waals surface area contributed by atoms with E-state index in [2.05, 4.69) is 131 Å². The van der Waals surface area contributed by atoms with Crippen molar-refractivity contribution < 1.29 is 4.74 Å². The van der Waals surface area contributed by atoms with Gasteiger partial charge in [-0.3, -0.25) is 4.98 Å². The first-order chi connectivity index (χ1) is 22.5. The Kier molecular flexibility index (Phi) is 7.43. The monoisotopic (exact) mass is 636 g/mol. The molecule has 0 amide bonds. The summed E-state index contributed by atoms with van der Waals surface area (Å²) >= 11 is 0. The summed E-state index contributed by atoms with van der Waals surface area (Å²) in [7, 11) is 0. The molecule has 48 heavy (non-hydrogen) atoms. The van der Waals surface area contributed by atoms with Gasteiger partial charge in [-0.05, 0) is 80.9 Å². The zero-order chi connectivity index (χ0) is 34.3. The minimum absolute atomic E-state index is 0.0796. The van der Waals surface area contributed by atoms with Gasteiger partial charge in [0.05, 0.1) is 11.1 Å². The van der Waals surface area contributed by atoms with Crippen LogP contribution in [0.3, 0.4) is 0 Å². The highest BCUT2D eigenvalue weighted by Crippen LogP contribution is 2.52. The third-order valence-corrected chi connectivity index (χ3v) is 9.14. The number of benzene rings is 4. The van der Waals surface area contributed by atoms with Crippen LogP contribution >= 0.6 is 0 Å². The Balaban J connectivity index is 1.46. The second-order valence-corrected chi connectivity index (χ2v) is 17.4. The molecule has 0 saturated carbocycles. The Morgan fingerprint density at radius 2 is 1.40 bits per heavy atom. The van der Waals surface area contributed by atoms with Gasteiger partial charge >= 0.3 is 0 Å². The van der Waals surface area contributed by atoms with Gasteiger partial charge in [-0.2, -0.15) is 0 Å². The molecule has 0 aliphatic carbocycles. The normalized spacial score (nSPS) is 13.4. The van der Waals surface area contributed by atoms with E-state index < -0.39 is 0 Å². The number of fused-ring (bicyclic) bond motifs is 5. The van der Waals surface area contributed by atoms with Crippen molar-refractivity contribution in [2.75, 3.05) is 0 Å². The molecule has 7 rings (SSSR count). The molecule has 5 heteroatoms. The van der Waals surface area contributed by atoms with Crippen LogP contribution in [-0.2, 0) is 23.7 Å². The Bertz CT molecular complexity index is 2210. The number of rotatable bonds is 4. The minimum Gasteiger partial charge on any atom is -0.456 e. The van der Waals surface area contributed by atoms with Crippen molar-refractivity contribution in [3.63, 3.8) is 0 Å². The molecule has 2 aromatic heterocycles. The van der Waals surface area contributed by atoms with Gasteiger partial charge in [-0.1, -0.05) is 106 Å². The van der Waals surface area contributed by atoms with Crippen LogP contribution in [0, 0.1) is 11.3 Å². The summed E-state index contributed by atoms with van der Waals surface area (Å²) in [5, 5.41) is 6.92. The molecule has 6 aromatic rings. The SMILES string of the molecule is CC(C)Cc1ccc2c(CC(C)(C)C)c3c(cc2c1)-c1nccc2c1c(cc1ccc(-c4nc(C(C)(C)C)nc(C(C)(C)C)n4)cc12)O3. The summed E-state index contributed by atoms with van der Waals surface area (Å²) in [6.07, 6.45) is 3.90. The fourth-order valence-corrected chi connectivity index (χ4v) is 6.88. The van der Waals surface area contributed by atoms with Crippen LogP contribution in [0.2, 0.25) is 0 Å². The summed E-state index contributed by atoms with van der Waals surface area (Å²) in [4.78, 5) is 19.9. The van der Waals surface area contributed by atoms with Crippen LogP contribution in [0.4, 0.5) is 0 Å². The fourth-order valence-electron chi connectivity index (χ4n) is 6.88. The molecule has 0 saturated heterocycles. The third kappa shape index (κ3) is 5.82. The molecule has 0 spiro atoms. The van der Waals surface area contributed by atoms with Gasteiger partial charge in [0, 0.05) is 33.7 Å². The highest BCUT2D eigenvalue weighted by atomic mass is 16.5. The zero-order valence-corrected chi connectivity index (χ0v) is 30.5. The first-order valence-corrected chi connectivity index (χ1v) is 17.4. The predicted molar refractivity (Wildman–Crippen MR) is 200 cm³/mol. The van der Waals surface area contributed by atoms with Crippen LogP contribution in [0.5, 0.6) is 11.5 Å². The van der Waals surface area contributed by atoms with E-state index in [9.17, 15) is 0 Å². The molecule has 5 nitrogen and oxygen atoms in total. The van der Waals surface area contributed by atoms with Crippen molar-refractivity contribution in [3.05, 3.63) is 83.6 Å². The number of pyridine rings is 1. The maximum Gasteiger partial charge on any atom is 0.163 e. The summed E-state index contributed by atoms with van der Waals surface area (Å²) in [6.45, 7) is 24.4. The van der Waals surface area contributed by atoms with E-state index in [-0.39, 0.29) is 16.2 Å². The molecule has 0 fully saturated rings. The van der Waals surface area contributed by atoms with Crippen molar-refractivity contribution in [3.8, 4) is 34.1 Å². The molecule has 0 unspecified atom stereocenters. The molecule has 1 aliphatic heterocycles. The van der Waals surface area contributed by atoms with Gasteiger partial charge in [0.2, 0.25) is 0 Å². The van der Waals surface area contributed by atoms with Crippen LogP contribution in [0.1, 0.15) is 98.9 Å². The highest BCUT2D eigenvalue weighted by Gasteiger charge is 2.29. The molecular weight excluding hydrogens is 589 g/mol. The third-order valence-electron chi connectivity index (χ3n) is 9.14. The zero-order valence-electron chi connectivity index (χ0n) is 30.5. The lowest BCUT2D eigenvalue weighted by Gasteiger charge is -2.28. The largest absolute Gasteiger partial charge is 0.456 e. The first-order valence-electron chi connectivity index (χ1n) is 17.4. The average Bonchev–Trinajstić information content (AvgIpc) is 2.99. The van der Waals surface area contributed by atoms with E-state index >= 15 is 0 Å². The molecule has 0 radical (unpaired) electrons. The number of hydrogen-bond acceptors (Lipinski definition) is 5. The fraction of sp³-hybridized carbons (Fsp3) is 0.395. The van der Waals surface area contributed by atoms with E-state index in [1.165, 1.54) is 21.9 Å². The average molecular weight is 637 g/mol. The lowest BCUT2D eigenvalue weighted by molar-refractivity contribution is 0.400. The van der Waals surface area contributed by atoms with Crippen molar-refractivity contribution in [1.82, 2.24) is 19.9 Å². The summed E-state index contributed by atoms with van der Waals surface area (Å²) < 4.78 is 6.99. The van der Waals surface area contributed by atoms with E-state index in [1.807, 2.05) is 6.20 Å². The van der Waals surface area contributed by atoms with E-state index in [1.54, 1.807) is 0 Å². The first kappa shape index (κ1) is 32.2. The quantitative estimate of drug-likeness (QED) is 0.180. The lowest BCUT2D eigenvalue weighted by Crippen LogP contribution is -2.24. The van der Waals surface area contributed by atoms with E-state index in [0.717, 1.165) is 74.4 Å². The maximum atomic E-state index is 6.99. The summed E-state index contributed by atoms with van der Waals surface area (Å²) in [6, 6.07) is 20.1. The Morgan fingerprint density at radius 3 is 2.04 bits per heavy atom. The summed E-state index contributed by atoms with van der Waals surface area (Å²) in [5.41, 5.74) is 5.31. The van der Waals surface area contributed by atoms with Crippen LogP contribution < -0.4 is 4.74 Å². The van der Waals surface area contributed by atoms with Crippen molar-refractivity contribution in [2.45, 2.75) is 99.8 Å². The molecule has 0 bridgehead atoms. The predicted octanol–water partition coefficient (Wildman–Crippen LogP) is 11.5. The Labute approximate surface area is 285 Å². The Morgan fingerprint density at radius 1 is 0.688 bits per heavy atom.